The summed E-state index contributed by atoms with van der Waals surface area (Å²) in [6, 6.07) is 0. The molecule has 0 unspecified atom stereocenters. The average molecular weight is 264 g/mol. The van der Waals surface area contributed by atoms with E-state index >= 15 is 0 Å². The zero-order valence-electron chi connectivity index (χ0n) is 11.6. The van der Waals surface area contributed by atoms with Crippen LogP contribution in [-0.4, -0.2) is 22.4 Å². The van der Waals surface area contributed by atoms with Crippen molar-refractivity contribution < 1.29 is 4.79 Å². The lowest BCUT2D eigenvalue weighted by Gasteiger charge is -2.25. The van der Waals surface area contributed by atoms with Crippen LogP contribution in [0.15, 0.2) is 12.5 Å². The highest BCUT2D eigenvalue weighted by Crippen LogP contribution is 2.23. The minimum Gasteiger partial charge on any atom is -0.356 e. The Bertz CT molecular complexity index is 394. The number of H-pyrrole nitrogens is 1. The number of nitrogens with two attached hydrogens (primary N) is 1. The molecule has 1 heterocycles. The molecule has 19 heavy (non-hydrogen) atoms. The van der Waals surface area contributed by atoms with Crippen molar-refractivity contribution in [3.8, 4) is 0 Å². The van der Waals surface area contributed by atoms with Gasteiger partial charge in [-0.1, -0.05) is 19.3 Å². The topological polar surface area (TPSA) is 83.8 Å². The van der Waals surface area contributed by atoms with Crippen LogP contribution in [0.2, 0.25) is 0 Å². The second kappa shape index (κ2) is 6.19. The Kier molecular flexibility index (Phi) is 4.58. The van der Waals surface area contributed by atoms with Crippen molar-refractivity contribution in [3.63, 3.8) is 0 Å². The molecule has 0 aliphatic heterocycles. The van der Waals surface area contributed by atoms with E-state index < -0.39 is 5.54 Å². The van der Waals surface area contributed by atoms with Gasteiger partial charge in [0.05, 0.1) is 17.6 Å². The lowest BCUT2D eigenvalue weighted by molar-refractivity contribution is -0.122. The van der Waals surface area contributed by atoms with Gasteiger partial charge in [-0.05, 0) is 25.7 Å². The summed E-state index contributed by atoms with van der Waals surface area (Å²) in [4.78, 5) is 18.9. The third-order valence-electron chi connectivity index (χ3n) is 3.95. The first-order valence-electron chi connectivity index (χ1n) is 7.12. The lowest BCUT2D eigenvalue weighted by Crippen LogP contribution is -2.41. The Morgan fingerprint density at radius 2 is 2.26 bits per heavy atom. The van der Waals surface area contributed by atoms with E-state index in [1.54, 1.807) is 12.5 Å². The minimum absolute atomic E-state index is 0.0187. The van der Waals surface area contributed by atoms with Crippen molar-refractivity contribution in [1.29, 1.82) is 0 Å². The molecule has 0 aromatic carbocycles. The Labute approximate surface area is 114 Å². The predicted molar refractivity (Wildman–Crippen MR) is 74.3 cm³/mol. The highest BCUT2D eigenvalue weighted by molar-refractivity contribution is 5.77. The van der Waals surface area contributed by atoms with Gasteiger partial charge in [-0.15, -0.1) is 0 Å². The molecule has 0 spiro atoms. The van der Waals surface area contributed by atoms with Crippen molar-refractivity contribution in [2.75, 3.05) is 6.54 Å². The van der Waals surface area contributed by atoms with Gasteiger partial charge < -0.3 is 16.0 Å². The van der Waals surface area contributed by atoms with E-state index in [9.17, 15) is 4.79 Å². The Morgan fingerprint density at radius 1 is 1.53 bits per heavy atom. The van der Waals surface area contributed by atoms with E-state index in [0.717, 1.165) is 12.2 Å². The first kappa shape index (κ1) is 14.1. The van der Waals surface area contributed by atoms with Crippen LogP contribution >= 0.6 is 0 Å². The third kappa shape index (κ3) is 4.06. The normalized spacial score (nSPS) is 19.9. The second-order valence-electron chi connectivity index (χ2n) is 5.87. The molecule has 2 rings (SSSR count). The number of hydrogen-bond donors (Lipinski definition) is 3. The van der Waals surface area contributed by atoms with E-state index in [2.05, 4.69) is 15.3 Å². The molecular weight excluding hydrogens is 240 g/mol. The van der Waals surface area contributed by atoms with E-state index in [1.807, 2.05) is 6.92 Å². The first-order chi connectivity index (χ1) is 9.08. The SMILES string of the molecule is C[C@](N)(CC(=O)NCC1CCCCC1)c1cnc[nH]1. The van der Waals surface area contributed by atoms with Crippen molar-refractivity contribution >= 4 is 5.91 Å². The quantitative estimate of drug-likeness (QED) is 0.756. The zero-order valence-corrected chi connectivity index (χ0v) is 11.6. The number of carbonyl (C=O) groups excluding carboxylic acids is 1. The fourth-order valence-corrected chi connectivity index (χ4v) is 2.71. The molecule has 0 bridgehead atoms. The summed E-state index contributed by atoms with van der Waals surface area (Å²) in [7, 11) is 0. The monoisotopic (exact) mass is 264 g/mol. The summed E-state index contributed by atoms with van der Waals surface area (Å²) >= 11 is 0. The summed E-state index contributed by atoms with van der Waals surface area (Å²) in [5.41, 5.74) is 6.26. The molecule has 1 aromatic heterocycles. The van der Waals surface area contributed by atoms with Crippen LogP contribution < -0.4 is 11.1 Å². The molecule has 106 valence electrons. The van der Waals surface area contributed by atoms with Crippen molar-refractivity contribution in [3.05, 3.63) is 18.2 Å². The number of nitrogens with zero attached hydrogens (tertiary/aromatic N) is 1. The second-order valence-corrected chi connectivity index (χ2v) is 5.87. The van der Waals surface area contributed by atoms with Crippen LogP contribution in [0.4, 0.5) is 0 Å². The molecule has 1 atom stereocenters. The third-order valence-corrected chi connectivity index (χ3v) is 3.95. The number of amides is 1. The summed E-state index contributed by atoms with van der Waals surface area (Å²) in [6.45, 7) is 2.64. The molecule has 5 nitrogen and oxygen atoms in total. The molecule has 1 aromatic rings. The highest BCUT2D eigenvalue weighted by atomic mass is 16.1. The van der Waals surface area contributed by atoms with Gasteiger partial charge in [0.2, 0.25) is 5.91 Å². The van der Waals surface area contributed by atoms with Gasteiger partial charge in [0, 0.05) is 19.2 Å². The molecular formula is C14H24N4O. The van der Waals surface area contributed by atoms with Gasteiger partial charge in [0.15, 0.2) is 0 Å². The van der Waals surface area contributed by atoms with E-state index in [0.29, 0.717) is 5.92 Å². The molecule has 5 heteroatoms. The largest absolute Gasteiger partial charge is 0.356 e. The van der Waals surface area contributed by atoms with Gasteiger partial charge in [-0.2, -0.15) is 0 Å². The number of aromatic amines is 1. The summed E-state index contributed by atoms with van der Waals surface area (Å²) in [5.74, 6) is 0.666. The molecule has 1 aliphatic carbocycles. The number of imidazole rings is 1. The number of nitrogens with one attached hydrogen (secondary N) is 2. The maximum Gasteiger partial charge on any atom is 0.222 e. The molecule has 1 fully saturated rings. The smallest absolute Gasteiger partial charge is 0.222 e. The fraction of sp³-hybridized carbons (Fsp3) is 0.714. The van der Waals surface area contributed by atoms with Gasteiger partial charge in [-0.3, -0.25) is 4.79 Å². The maximum atomic E-state index is 12.0. The highest BCUT2D eigenvalue weighted by Gasteiger charge is 2.26. The Morgan fingerprint density at radius 3 is 2.89 bits per heavy atom. The number of carbonyl (C=O) groups is 1. The summed E-state index contributed by atoms with van der Waals surface area (Å²) in [5, 5.41) is 3.02. The van der Waals surface area contributed by atoms with Gasteiger partial charge in [0.25, 0.3) is 0 Å². The van der Waals surface area contributed by atoms with Crippen molar-refractivity contribution in [1.82, 2.24) is 15.3 Å². The van der Waals surface area contributed by atoms with Crippen molar-refractivity contribution in [2.45, 2.75) is 51.0 Å². The fourth-order valence-electron chi connectivity index (χ4n) is 2.71. The molecule has 4 N–H and O–H groups in total. The molecule has 1 aliphatic rings. The Hall–Kier alpha value is -1.36. The van der Waals surface area contributed by atoms with E-state index in [4.69, 9.17) is 5.73 Å². The molecule has 0 radical (unpaired) electrons. The number of hydrogen-bond acceptors (Lipinski definition) is 3. The Balaban J connectivity index is 1.77. The predicted octanol–water partition coefficient (Wildman–Crippen LogP) is 1.67. The van der Waals surface area contributed by atoms with Gasteiger partial charge in [0.1, 0.15) is 0 Å². The summed E-state index contributed by atoms with van der Waals surface area (Å²) < 4.78 is 0. The van der Waals surface area contributed by atoms with Crippen molar-refractivity contribution in [2.24, 2.45) is 11.7 Å². The number of rotatable bonds is 5. The van der Waals surface area contributed by atoms with Crippen LogP contribution in [-0.2, 0) is 10.3 Å². The first-order valence-corrected chi connectivity index (χ1v) is 7.12. The minimum atomic E-state index is -0.687. The molecule has 1 saturated carbocycles. The standard InChI is InChI=1S/C14H24N4O/c1-14(15,12-9-16-10-18-12)7-13(19)17-8-11-5-3-2-4-6-11/h9-11H,2-8,15H2,1H3,(H,16,18)(H,17,19)/t14-/m0/s1. The molecule has 1 amide bonds. The van der Waals surface area contributed by atoms with Gasteiger partial charge in [-0.25, -0.2) is 4.98 Å². The number of aromatic nitrogens is 2. The summed E-state index contributed by atoms with van der Waals surface area (Å²) in [6.07, 6.45) is 9.94. The van der Waals surface area contributed by atoms with E-state index in [-0.39, 0.29) is 12.3 Å². The van der Waals surface area contributed by atoms with Crippen LogP contribution in [0.1, 0.15) is 51.1 Å². The van der Waals surface area contributed by atoms with Gasteiger partial charge >= 0.3 is 0 Å². The van der Waals surface area contributed by atoms with Crippen LogP contribution in [0.5, 0.6) is 0 Å². The van der Waals surface area contributed by atoms with Crippen LogP contribution in [0.3, 0.4) is 0 Å². The average Bonchev–Trinajstić information content (AvgIpc) is 2.92. The van der Waals surface area contributed by atoms with Crippen LogP contribution in [0.25, 0.3) is 0 Å². The van der Waals surface area contributed by atoms with E-state index in [1.165, 1.54) is 32.1 Å². The maximum absolute atomic E-state index is 12.0. The van der Waals surface area contributed by atoms with Crippen LogP contribution in [0, 0.1) is 5.92 Å². The zero-order chi connectivity index (χ0) is 13.7. The lowest BCUT2D eigenvalue weighted by atomic mass is 9.89. The molecule has 0 saturated heterocycles.